The third-order valence-corrected chi connectivity index (χ3v) is 5.48. The molecule has 3 rings (SSSR count). The van der Waals surface area contributed by atoms with E-state index in [1.165, 1.54) is 0 Å². The van der Waals surface area contributed by atoms with Gasteiger partial charge in [-0.1, -0.05) is 44.7 Å². The fourth-order valence-corrected chi connectivity index (χ4v) is 4.02. The predicted octanol–water partition coefficient (Wildman–Crippen LogP) is 3.12. The molecule has 0 aromatic heterocycles. The van der Waals surface area contributed by atoms with Gasteiger partial charge in [0.15, 0.2) is 11.6 Å². The van der Waals surface area contributed by atoms with Crippen LogP contribution in [0, 0.1) is 24.0 Å². The van der Waals surface area contributed by atoms with Gasteiger partial charge in [0, 0.05) is 0 Å². The van der Waals surface area contributed by atoms with Gasteiger partial charge in [0.05, 0.1) is 0 Å². The van der Waals surface area contributed by atoms with Gasteiger partial charge in [0.1, 0.15) is 0 Å². The van der Waals surface area contributed by atoms with Gasteiger partial charge in [-0.15, -0.1) is 0 Å². The molecule has 3 heteroatoms. The van der Waals surface area contributed by atoms with Crippen LogP contribution >= 0.6 is 0 Å². The Hall–Kier alpha value is 0.885. The minimum Gasteiger partial charge on any atom is -0.328 e. The Morgan fingerprint density at radius 2 is 1.27 bits per heavy atom. The minimum absolute atomic E-state index is 0. The van der Waals surface area contributed by atoms with E-state index >= 15 is 0 Å². The Bertz CT molecular complexity index is 486. The van der Waals surface area contributed by atoms with E-state index in [1.807, 2.05) is 12.1 Å². The fourth-order valence-electron chi connectivity index (χ4n) is 4.02. The first kappa shape index (κ1) is 19.2. The van der Waals surface area contributed by atoms with Crippen LogP contribution in [0.15, 0.2) is 12.1 Å². The molecule has 0 spiro atoms. The predicted molar refractivity (Wildman–Crippen MR) is 82.2 cm³/mol. The maximum Gasteiger partial charge on any atom is 1.00 e. The summed E-state index contributed by atoms with van der Waals surface area (Å²) in [6.07, 6.45) is 10.5. The molecular formula is C19H25F2Rb. The number of rotatable bonds is 2. The molecule has 0 bridgehead atoms. The first-order chi connectivity index (χ1) is 10.2. The molecular weight excluding hydrogens is 352 g/mol. The van der Waals surface area contributed by atoms with Crippen LogP contribution in [-0.4, -0.2) is 0 Å². The van der Waals surface area contributed by atoms with E-state index in [9.17, 15) is 8.78 Å². The smallest absolute Gasteiger partial charge is 0.328 e. The van der Waals surface area contributed by atoms with Crippen molar-refractivity contribution in [3.63, 3.8) is 0 Å². The molecule has 0 aliphatic heterocycles. The Kier molecular flexibility index (Phi) is 7.71. The van der Waals surface area contributed by atoms with Crippen LogP contribution in [0.5, 0.6) is 0 Å². The van der Waals surface area contributed by atoms with E-state index in [2.05, 4.69) is 13.3 Å². The van der Waals surface area contributed by atoms with E-state index in [0.29, 0.717) is 11.1 Å². The van der Waals surface area contributed by atoms with Gasteiger partial charge in [-0.25, -0.2) is 8.78 Å². The van der Waals surface area contributed by atoms with Gasteiger partial charge in [0.2, 0.25) is 0 Å². The number of halogens is 2. The zero-order valence-electron chi connectivity index (χ0n) is 13.9. The summed E-state index contributed by atoms with van der Waals surface area (Å²) in [7, 11) is 0. The maximum atomic E-state index is 14.5. The number of hydrogen-bond donors (Lipinski definition) is 0. The quantitative estimate of drug-likeness (QED) is 0.696. The van der Waals surface area contributed by atoms with Gasteiger partial charge < -0.3 is 6.42 Å². The largest absolute Gasteiger partial charge is 1.00 e. The minimum atomic E-state index is -0.571. The zero-order chi connectivity index (χ0) is 14.8. The van der Waals surface area contributed by atoms with Gasteiger partial charge in [-0.05, 0) is 41.7 Å². The first-order valence-corrected chi connectivity index (χ1v) is 8.46. The average Bonchev–Trinajstić information content (AvgIpc) is 2.52. The molecule has 2 fully saturated rings. The van der Waals surface area contributed by atoms with Crippen molar-refractivity contribution in [2.45, 2.75) is 70.1 Å². The van der Waals surface area contributed by atoms with Gasteiger partial charge in [-0.2, -0.15) is 12.8 Å². The van der Waals surface area contributed by atoms with Crippen LogP contribution in [0.3, 0.4) is 0 Å². The standard InChI is InChI=1S/C19H25F2.Rb/c1-13-7-9-15(10-8-13)17-12-11-16(18(20)19(17)21)14-5-3-2-4-6-14;/h2,11-15H,3-10H2,1H3;/q-1;+1. The summed E-state index contributed by atoms with van der Waals surface area (Å²) in [5.41, 5.74) is 1.22. The molecule has 0 saturated heterocycles. The SMILES string of the molecule is CC1CCC(c2ccc(C3CC[CH-]CC3)c(F)c2F)CC1.[Rb+]. The normalized spacial score (nSPS) is 26.5. The Morgan fingerprint density at radius 1 is 0.818 bits per heavy atom. The molecule has 0 amide bonds. The molecule has 22 heavy (non-hydrogen) atoms. The zero-order valence-corrected chi connectivity index (χ0v) is 18.8. The summed E-state index contributed by atoms with van der Waals surface area (Å²) in [5.74, 6) is 0.000848. The monoisotopic (exact) mass is 376 g/mol. The molecule has 2 saturated carbocycles. The van der Waals surface area contributed by atoms with E-state index in [1.54, 1.807) is 0 Å². The molecule has 1 aromatic rings. The van der Waals surface area contributed by atoms with Crippen molar-refractivity contribution >= 4 is 0 Å². The van der Waals surface area contributed by atoms with Crippen LogP contribution in [0.25, 0.3) is 0 Å². The van der Waals surface area contributed by atoms with Crippen LogP contribution in [-0.2, 0) is 0 Å². The summed E-state index contributed by atoms with van der Waals surface area (Å²) in [6, 6.07) is 3.73. The first-order valence-electron chi connectivity index (χ1n) is 8.46. The van der Waals surface area contributed by atoms with E-state index in [4.69, 9.17) is 0 Å². The van der Waals surface area contributed by atoms with Crippen LogP contribution in [0.4, 0.5) is 8.78 Å². The Labute approximate surface area is 182 Å². The molecule has 0 unspecified atom stereocenters. The van der Waals surface area contributed by atoms with E-state index in [-0.39, 0.29) is 70.0 Å². The van der Waals surface area contributed by atoms with E-state index < -0.39 is 11.6 Å². The molecule has 0 nitrogen and oxygen atoms in total. The number of benzene rings is 1. The topological polar surface area (TPSA) is 0 Å². The second-order valence-corrected chi connectivity index (χ2v) is 6.97. The fraction of sp³-hybridized carbons (Fsp3) is 0.632. The van der Waals surface area contributed by atoms with Crippen molar-refractivity contribution in [3.8, 4) is 0 Å². The summed E-state index contributed by atoms with van der Waals surface area (Å²) in [5, 5.41) is 0. The summed E-state index contributed by atoms with van der Waals surface area (Å²) >= 11 is 0. The Balaban J connectivity index is 0.00000176. The van der Waals surface area contributed by atoms with Gasteiger partial charge >= 0.3 is 58.2 Å². The van der Waals surface area contributed by atoms with Crippen molar-refractivity contribution in [1.29, 1.82) is 0 Å². The van der Waals surface area contributed by atoms with Gasteiger partial charge in [0.25, 0.3) is 0 Å². The van der Waals surface area contributed by atoms with Crippen molar-refractivity contribution in [1.82, 2.24) is 0 Å². The Morgan fingerprint density at radius 3 is 1.77 bits per heavy atom. The summed E-state index contributed by atoms with van der Waals surface area (Å²) < 4.78 is 29.0. The average molecular weight is 377 g/mol. The second-order valence-electron chi connectivity index (χ2n) is 6.97. The van der Waals surface area contributed by atoms with Gasteiger partial charge in [-0.3, -0.25) is 0 Å². The van der Waals surface area contributed by atoms with Crippen molar-refractivity contribution in [2.75, 3.05) is 0 Å². The van der Waals surface area contributed by atoms with E-state index in [0.717, 1.165) is 57.3 Å². The van der Waals surface area contributed by atoms with Crippen molar-refractivity contribution in [2.24, 2.45) is 5.92 Å². The van der Waals surface area contributed by atoms with Crippen LogP contribution < -0.4 is 58.2 Å². The maximum absolute atomic E-state index is 14.5. The summed E-state index contributed by atoms with van der Waals surface area (Å²) in [6.45, 7) is 2.25. The summed E-state index contributed by atoms with van der Waals surface area (Å²) in [4.78, 5) is 0. The molecule has 116 valence electrons. The molecule has 0 heterocycles. The van der Waals surface area contributed by atoms with Crippen molar-refractivity contribution < 1.29 is 67.0 Å². The molecule has 2 aliphatic carbocycles. The van der Waals surface area contributed by atoms with Crippen LogP contribution in [0.1, 0.15) is 81.3 Å². The third-order valence-electron chi connectivity index (χ3n) is 5.48. The molecule has 2 aliphatic rings. The second kappa shape index (κ2) is 8.83. The molecule has 1 aromatic carbocycles. The molecule has 0 N–H and O–H groups in total. The third kappa shape index (κ3) is 4.29. The molecule has 0 radical (unpaired) electrons. The van der Waals surface area contributed by atoms with Crippen molar-refractivity contribution in [3.05, 3.63) is 41.3 Å². The number of hydrogen-bond acceptors (Lipinski definition) is 0. The van der Waals surface area contributed by atoms with Crippen LogP contribution in [0.2, 0.25) is 0 Å². The molecule has 0 atom stereocenters.